The molecule has 1 aliphatic heterocycles. The molecule has 1 aromatic rings. The first kappa shape index (κ1) is 15.3. The maximum Gasteiger partial charge on any atom is 0.0716 e. The van der Waals surface area contributed by atoms with Crippen molar-refractivity contribution >= 4 is 0 Å². The van der Waals surface area contributed by atoms with E-state index in [1.165, 1.54) is 12.0 Å². The van der Waals surface area contributed by atoms with Crippen LogP contribution >= 0.6 is 0 Å². The highest BCUT2D eigenvalue weighted by molar-refractivity contribution is 5.13. The first-order chi connectivity index (χ1) is 9.79. The lowest BCUT2D eigenvalue weighted by Crippen LogP contribution is -2.34. The van der Waals surface area contributed by atoms with Crippen molar-refractivity contribution in [3.63, 3.8) is 0 Å². The van der Waals surface area contributed by atoms with Crippen LogP contribution in [0, 0.1) is 5.92 Å². The molecule has 0 amide bonds. The van der Waals surface area contributed by atoms with Crippen LogP contribution in [0.25, 0.3) is 0 Å². The predicted octanol–water partition coefficient (Wildman–Crippen LogP) is 4.35. The Morgan fingerprint density at radius 1 is 1.30 bits per heavy atom. The summed E-state index contributed by atoms with van der Waals surface area (Å²) in [5.74, 6) is 0.636. The van der Waals surface area contributed by atoms with Crippen molar-refractivity contribution in [2.45, 2.75) is 51.4 Å². The molecule has 20 heavy (non-hydrogen) atoms. The zero-order valence-electron chi connectivity index (χ0n) is 12.5. The zero-order chi connectivity index (χ0) is 14.2. The van der Waals surface area contributed by atoms with Gasteiger partial charge in [0.25, 0.3) is 0 Å². The van der Waals surface area contributed by atoms with E-state index in [2.05, 4.69) is 25.6 Å². The molecule has 0 bridgehead atoms. The van der Waals surface area contributed by atoms with Gasteiger partial charge in [-0.3, -0.25) is 0 Å². The molecule has 0 aliphatic carbocycles. The molecule has 1 aliphatic rings. The summed E-state index contributed by atoms with van der Waals surface area (Å²) in [6.45, 7) is 7.55. The maximum absolute atomic E-state index is 6.14. The van der Waals surface area contributed by atoms with Crippen molar-refractivity contribution in [3.05, 3.63) is 48.6 Å². The molecular weight excluding hydrogens is 248 g/mol. The zero-order valence-corrected chi connectivity index (χ0v) is 12.5. The molecule has 0 N–H and O–H groups in total. The third kappa shape index (κ3) is 4.77. The minimum Gasteiger partial charge on any atom is -0.377 e. The second-order valence-electron chi connectivity index (χ2n) is 5.70. The van der Waals surface area contributed by atoms with Gasteiger partial charge in [0, 0.05) is 6.61 Å². The summed E-state index contributed by atoms with van der Waals surface area (Å²) in [5.41, 5.74) is 1.23. The molecule has 0 saturated carbocycles. The van der Waals surface area contributed by atoms with Crippen LogP contribution < -0.4 is 0 Å². The molecule has 0 spiro atoms. The molecule has 2 heteroatoms. The van der Waals surface area contributed by atoms with Crippen LogP contribution in [0.5, 0.6) is 0 Å². The third-order valence-corrected chi connectivity index (χ3v) is 4.03. The van der Waals surface area contributed by atoms with E-state index in [0.29, 0.717) is 24.7 Å². The van der Waals surface area contributed by atoms with Gasteiger partial charge in [0.2, 0.25) is 0 Å². The molecule has 1 fully saturated rings. The Balaban J connectivity index is 1.68. The van der Waals surface area contributed by atoms with Crippen molar-refractivity contribution in [2.24, 2.45) is 5.92 Å². The Hall–Kier alpha value is -1.12. The fourth-order valence-corrected chi connectivity index (χ4v) is 2.76. The summed E-state index contributed by atoms with van der Waals surface area (Å²) in [6.07, 6.45) is 7.03. The van der Waals surface area contributed by atoms with E-state index in [9.17, 15) is 0 Å². The standard InChI is InChI=1S/C18H26O2/c1-3-7-17-11-10-15(2)18(20-17)12-13-19-14-16-8-5-4-6-9-16/h3-6,8-9,15,17-18H,1,7,10-14H2,2H3/t15-,17-,18-/m0/s1. The predicted molar refractivity (Wildman–Crippen MR) is 82.6 cm³/mol. The van der Waals surface area contributed by atoms with Gasteiger partial charge in [0.05, 0.1) is 18.8 Å². The minimum absolute atomic E-state index is 0.337. The van der Waals surface area contributed by atoms with E-state index < -0.39 is 0 Å². The number of hydrogen-bond acceptors (Lipinski definition) is 2. The summed E-state index contributed by atoms with van der Waals surface area (Å²) >= 11 is 0. The van der Waals surface area contributed by atoms with E-state index in [4.69, 9.17) is 9.47 Å². The first-order valence-electron chi connectivity index (χ1n) is 7.67. The molecular formula is C18H26O2. The van der Waals surface area contributed by atoms with E-state index in [-0.39, 0.29) is 0 Å². The molecule has 0 radical (unpaired) electrons. The molecule has 2 rings (SSSR count). The molecule has 0 aromatic heterocycles. The maximum atomic E-state index is 6.14. The Bertz CT molecular complexity index is 388. The van der Waals surface area contributed by atoms with Crippen LogP contribution in [-0.4, -0.2) is 18.8 Å². The van der Waals surface area contributed by atoms with Crippen molar-refractivity contribution < 1.29 is 9.47 Å². The van der Waals surface area contributed by atoms with Gasteiger partial charge >= 0.3 is 0 Å². The van der Waals surface area contributed by atoms with Crippen LogP contribution in [0.15, 0.2) is 43.0 Å². The summed E-state index contributed by atoms with van der Waals surface area (Å²) in [5, 5.41) is 0. The van der Waals surface area contributed by atoms with Crippen molar-refractivity contribution in [1.29, 1.82) is 0 Å². The van der Waals surface area contributed by atoms with Gasteiger partial charge < -0.3 is 9.47 Å². The van der Waals surface area contributed by atoms with E-state index in [1.54, 1.807) is 0 Å². The van der Waals surface area contributed by atoms with E-state index in [1.807, 2.05) is 24.3 Å². The summed E-state index contributed by atoms with van der Waals surface area (Å²) < 4.78 is 11.9. The normalized spacial score (nSPS) is 26.4. The van der Waals surface area contributed by atoms with Gasteiger partial charge in [-0.05, 0) is 37.2 Å². The van der Waals surface area contributed by atoms with Crippen molar-refractivity contribution in [3.8, 4) is 0 Å². The second-order valence-corrected chi connectivity index (χ2v) is 5.70. The summed E-state index contributed by atoms with van der Waals surface area (Å²) in [6, 6.07) is 10.3. The Labute approximate surface area is 122 Å². The van der Waals surface area contributed by atoms with Crippen LogP contribution in [0.3, 0.4) is 0 Å². The highest BCUT2D eigenvalue weighted by atomic mass is 16.5. The smallest absolute Gasteiger partial charge is 0.0716 e. The molecule has 0 unspecified atom stereocenters. The topological polar surface area (TPSA) is 18.5 Å². The second kappa shape index (κ2) is 8.23. The largest absolute Gasteiger partial charge is 0.377 e. The fourth-order valence-electron chi connectivity index (χ4n) is 2.76. The molecule has 1 aromatic carbocycles. The van der Waals surface area contributed by atoms with Gasteiger partial charge in [-0.15, -0.1) is 6.58 Å². The number of hydrogen-bond donors (Lipinski definition) is 0. The number of rotatable bonds is 7. The summed E-state index contributed by atoms with van der Waals surface area (Å²) in [7, 11) is 0. The van der Waals surface area contributed by atoms with Gasteiger partial charge in [0.1, 0.15) is 0 Å². The van der Waals surface area contributed by atoms with Crippen LogP contribution in [0.2, 0.25) is 0 Å². The highest BCUT2D eigenvalue weighted by Gasteiger charge is 2.27. The van der Waals surface area contributed by atoms with Crippen molar-refractivity contribution in [1.82, 2.24) is 0 Å². The summed E-state index contributed by atoms with van der Waals surface area (Å²) in [4.78, 5) is 0. The van der Waals surface area contributed by atoms with Gasteiger partial charge in [-0.25, -0.2) is 0 Å². The van der Waals surface area contributed by atoms with Crippen LogP contribution in [0.1, 0.15) is 38.2 Å². The highest BCUT2D eigenvalue weighted by Crippen LogP contribution is 2.28. The quantitative estimate of drug-likeness (QED) is 0.543. The Morgan fingerprint density at radius 2 is 2.10 bits per heavy atom. The minimum atomic E-state index is 0.337. The number of benzene rings is 1. The molecule has 110 valence electrons. The van der Waals surface area contributed by atoms with Gasteiger partial charge in [-0.1, -0.05) is 43.3 Å². The Morgan fingerprint density at radius 3 is 2.85 bits per heavy atom. The molecule has 2 nitrogen and oxygen atoms in total. The number of ether oxygens (including phenoxy) is 2. The monoisotopic (exact) mass is 274 g/mol. The lowest BCUT2D eigenvalue weighted by atomic mass is 9.91. The first-order valence-corrected chi connectivity index (χ1v) is 7.67. The van der Waals surface area contributed by atoms with E-state index in [0.717, 1.165) is 25.9 Å². The average molecular weight is 274 g/mol. The SMILES string of the molecule is C=CC[C@H]1CC[C@H](C)[C@H](CCOCc2ccccc2)O1. The Kier molecular flexibility index (Phi) is 6.28. The third-order valence-electron chi connectivity index (χ3n) is 4.03. The van der Waals surface area contributed by atoms with Crippen LogP contribution in [-0.2, 0) is 16.1 Å². The molecule has 1 saturated heterocycles. The van der Waals surface area contributed by atoms with E-state index >= 15 is 0 Å². The lowest BCUT2D eigenvalue weighted by molar-refractivity contribution is -0.0891. The van der Waals surface area contributed by atoms with Crippen LogP contribution in [0.4, 0.5) is 0 Å². The fraction of sp³-hybridized carbons (Fsp3) is 0.556. The van der Waals surface area contributed by atoms with Crippen molar-refractivity contribution in [2.75, 3.05) is 6.61 Å². The average Bonchev–Trinajstić information content (AvgIpc) is 2.48. The van der Waals surface area contributed by atoms with Gasteiger partial charge in [-0.2, -0.15) is 0 Å². The lowest BCUT2D eigenvalue weighted by Gasteiger charge is -2.34. The van der Waals surface area contributed by atoms with Gasteiger partial charge in [0.15, 0.2) is 0 Å². The molecule has 1 heterocycles. The molecule has 3 atom stereocenters.